The third-order valence-electron chi connectivity index (χ3n) is 2.46. The van der Waals surface area contributed by atoms with Gasteiger partial charge in [0.1, 0.15) is 11.6 Å². The fourth-order valence-corrected chi connectivity index (χ4v) is 1.71. The van der Waals surface area contributed by atoms with Crippen LogP contribution in [0.5, 0.6) is 5.75 Å². The minimum atomic E-state index is 0.0918. The first-order chi connectivity index (χ1) is 7.08. The van der Waals surface area contributed by atoms with E-state index in [9.17, 15) is 5.11 Å². The van der Waals surface area contributed by atoms with Crippen molar-refractivity contribution in [1.29, 1.82) is 0 Å². The second-order valence-corrected chi connectivity index (χ2v) is 3.94. The Morgan fingerprint density at radius 2 is 2.27 bits per heavy atom. The zero-order valence-electron chi connectivity index (χ0n) is 8.94. The Bertz CT molecular complexity index is 488. The number of nitrogens with zero attached hydrogens (tertiary/aromatic N) is 2. The van der Waals surface area contributed by atoms with Gasteiger partial charge in [-0.2, -0.15) is 0 Å². The van der Waals surface area contributed by atoms with Crippen molar-refractivity contribution >= 4 is 11.0 Å². The maximum Gasteiger partial charge on any atom is 0.117 e. The summed E-state index contributed by atoms with van der Waals surface area (Å²) in [5, 5.41) is 9.34. The maximum atomic E-state index is 9.34. The summed E-state index contributed by atoms with van der Waals surface area (Å²) in [5.74, 6) is 1.19. The summed E-state index contributed by atoms with van der Waals surface area (Å²) >= 11 is 0. The fraction of sp³-hybridized carbons (Fsp3) is 0.364. The molecule has 0 aliphatic carbocycles. The van der Waals surface area contributed by atoms with E-state index < -0.39 is 0 Å². The van der Waals surface area contributed by atoms with E-state index >= 15 is 0 Å². The number of imidazole rings is 1. The van der Waals surface area contributed by atoms with Gasteiger partial charge in [0.2, 0.25) is 0 Å². The highest BCUT2D eigenvalue weighted by atomic mass is 16.3. The van der Waals surface area contributed by atoms with Gasteiger partial charge in [-0.25, -0.2) is 4.98 Å². The molecule has 0 amide bonds. The van der Waals surface area contributed by atoms with Gasteiger partial charge in [0.15, 0.2) is 0 Å². The summed E-state index contributed by atoms with van der Waals surface area (Å²) < 4.78 is 2.01. The van der Waals surface area contributed by atoms with E-state index in [1.165, 1.54) is 0 Å². The number of phenolic OH excluding ortho intramolecular Hbond substituents is 1. The third kappa shape index (κ3) is 1.80. The highest BCUT2D eigenvalue weighted by Gasteiger charge is 2.09. The van der Waals surface area contributed by atoms with Crippen molar-refractivity contribution in [3.05, 3.63) is 24.0 Å². The van der Waals surface area contributed by atoms with Gasteiger partial charge in [-0.3, -0.25) is 0 Å². The number of fused-ring (bicyclic) bond motifs is 1. The van der Waals surface area contributed by atoms with Crippen LogP contribution in [0.3, 0.4) is 0 Å². The molecule has 2 rings (SSSR count). The SMILES string of the molecule is CC(N)Cc1nc2cc(O)ccc2n1C. The molecule has 1 heterocycles. The van der Waals surface area contributed by atoms with E-state index in [2.05, 4.69) is 4.98 Å². The van der Waals surface area contributed by atoms with Crippen LogP contribution < -0.4 is 5.73 Å². The maximum absolute atomic E-state index is 9.34. The minimum absolute atomic E-state index is 0.0918. The van der Waals surface area contributed by atoms with Crippen molar-refractivity contribution in [2.45, 2.75) is 19.4 Å². The van der Waals surface area contributed by atoms with E-state index in [0.717, 1.165) is 23.3 Å². The highest BCUT2D eigenvalue weighted by Crippen LogP contribution is 2.20. The smallest absolute Gasteiger partial charge is 0.117 e. The first-order valence-electron chi connectivity index (χ1n) is 4.98. The molecular weight excluding hydrogens is 190 g/mol. The van der Waals surface area contributed by atoms with Crippen LogP contribution in [-0.2, 0) is 13.5 Å². The zero-order chi connectivity index (χ0) is 11.0. The number of hydrogen-bond donors (Lipinski definition) is 2. The van der Waals surface area contributed by atoms with Crippen molar-refractivity contribution in [2.24, 2.45) is 12.8 Å². The molecule has 0 radical (unpaired) electrons. The lowest BCUT2D eigenvalue weighted by atomic mass is 10.2. The van der Waals surface area contributed by atoms with Crippen LogP contribution in [0.15, 0.2) is 18.2 Å². The number of phenols is 1. The molecule has 4 heteroatoms. The summed E-state index contributed by atoms with van der Waals surface area (Å²) in [6, 6.07) is 5.29. The number of nitrogens with two attached hydrogens (primary N) is 1. The van der Waals surface area contributed by atoms with Gasteiger partial charge in [0, 0.05) is 25.6 Å². The second kappa shape index (κ2) is 3.55. The van der Waals surface area contributed by atoms with Crippen molar-refractivity contribution in [3.63, 3.8) is 0 Å². The predicted octanol–water partition coefficient (Wildman–Crippen LogP) is 1.17. The molecule has 1 aromatic carbocycles. The number of aryl methyl sites for hydroxylation is 1. The zero-order valence-corrected chi connectivity index (χ0v) is 8.94. The lowest BCUT2D eigenvalue weighted by Gasteiger charge is -2.04. The van der Waals surface area contributed by atoms with Crippen molar-refractivity contribution in [2.75, 3.05) is 0 Å². The van der Waals surface area contributed by atoms with E-state index in [1.54, 1.807) is 12.1 Å². The molecule has 1 aromatic heterocycles. The average molecular weight is 205 g/mol. The molecule has 80 valence electrons. The molecule has 0 saturated carbocycles. The fourth-order valence-electron chi connectivity index (χ4n) is 1.71. The van der Waals surface area contributed by atoms with Gasteiger partial charge >= 0.3 is 0 Å². The average Bonchev–Trinajstić information content (AvgIpc) is 2.42. The highest BCUT2D eigenvalue weighted by molar-refractivity contribution is 5.77. The molecule has 1 atom stereocenters. The number of aromatic nitrogens is 2. The summed E-state index contributed by atoms with van der Waals surface area (Å²) in [5.41, 5.74) is 7.57. The summed E-state index contributed by atoms with van der Waals surface area (Å²) in [6.45, 7) is 1.96. The summed E-state index contributed by atoms with van der Waals surface area (Å²) in [4.78, 5) is 4.44. The second-order valence-electron chi connectivity index (χ2n) is 3.94. The predicted molar refractivity (Wildman–Crippen MR) is 59.7 cm³/mol. The molecule has 2 aromatic rings. The van der Waals surface area contributed by atoms with Crippen LogP contribution in [0.2, 0.25) is 0 Å². The van der Waals surface area contributed by atoms with Gasteiger partial charge in [-0.05, 0) is 19.1 Å². The molecule has 0 aliphatic heterocycles. The molecule has 0 spiro atoms. The van der Waals surface area contributed by atoms with Crippen LogP contribution in [0, 0.1) is 0 Å². The van der Waals surface area contributed by atoms with Crippen molar-refractivity contribution in [1.82, 2.24) is 9.55 Å². The molecule has 1 unspecified atom stereocenters. The van der Waals surface area contributed by atoms with Crippen LogP contribution in [-0.4, -0.2) is 20.7 Å². The van der Waals surface area contributed by atoms with Gasteiger partial charge < -0.3 is 15.4 Å². The van der Waals surface area contributed by atoms with Gasteiger partial charge in [-0.1, -0.05) is 0 Å². The molecule has 15 heavy (non-hydrogen) atoms. The summed E-state index contributed by atoms with van der Waals surface area (Å²) in [7, 11) is 1.96. The molecular formula is C11H15N3O. The Kier molecular flexibility index (Phi) is 2.36. The van der Waals surface area contributed by atoms with E-state index in [0.29, 0.717) is 0 Å². The normalized spacial score (nSPS) is 13.3. The Balaban J connectivity index is 2.54. The first-order valence-corrected chi connectivity index (χ1v) is 4.98. The lowest BCUT2D eigenvalue weighted by Crippen LogP contribution is -2.19. The van der Waals surface area contributed by atoms with E-state index in [1.807, 2.05) is 24.6 Å². The topological polar surface area (TPSA) is 64.1 Å². The van der Waals surface area contributed by atoms with Crippen molar-refractivity contribution in [3.8, 4) is 5.75 Å². The third-order valence-corrected chi connectivity index (χ3v) is 2.46. The molecule has 0 aliphatic rings. The Morgan fingerprint density at radius 1 is 1.53 bits per heavy atom. The van der Waals surface area contributed by atoms with Gasteiger partial charge in [-0.15, -0.1) is 0 Å². The minimum Gasteiger partial charge on any atom is -0.508 e. The number of hydrogen-bond acceptors (Lipinski definition) is 3. The van der Waals surface area contributed by atoms with E-state index in [-0.39, 0.29) is 11.8 Å². The van der Waals surface area contributed by atoms with Gasteiger partial charge in [0.25, 0.3) is 0 Å². The van der Waals surface area contributed by atoms with Crippen LogP contribution in [0.1, 0.15) is 12.7 Å². The van der Waals surface area contributed by atoms with E-state index in [4.69, 9.17) is 5.73 Å². The number of rotatable bonds is 2. The first kappa shape index (κ1) is 9.98. The number of benzene rings is 1. The van der Waals surface area contributed by atoms with Crippen molar-refractivity contribution < 1.29 is 5.11 Å². The molecule has 0 bridgehead atoms. The monoisotopic (exact) mass is 205 g/mol. The standard InChI is InChI=1S/C11H15N3O/c1-7(12)5-11-13-9-6-8(15)3-4-10(9)14(11)2/h3-4,6-7,15H,5,12H2,1-2H3. The molecule has 4 nitrogen and oxygen atoms in total. The molecule has 0 fully saturated rings. The van der Waals surface area contributed by atoms with Crippen LogP contribution >= 0.6 is 0 Å². The molecule has 0 saturated heterocycles. The quantitative estimate of drug-likeness (QED) is 0.773. The summed E-state index contributed by atoms with van der Waals surface area (Å²) in [6.07, 6.45) is 0.742. The Hall–Kier alpha value is -1.55. The number of aromatic hydroxyl groups is 1. The molecule has 3 N–H and O–H groups in total. The lowest BCUT2D eigenvalue weighted by molar-refractivity contribution is 0.476. The van der Waals surface area contributed by atoms with Crippen LogP contribution in [0.4, 0.5) is 0 Å². The largest absolute Gasteiger partial charge is 0.508 e. The Labute approximate surface area is 88.3 Å². The van der Waals surface area contributed by atoms with Crippen LogP contribution in [0.25, 0.3) is 11.0 Å². The Morgan fingerprint density at radius 3 is 2.93 bits per heavy atom. The van der Waals surface area contributed by atoms with Gasteiger partial charge in [0.05, 0.1) is 11.0 Å².